The zero-order chi connectivity index (χ0) is 13.9. The van der Waals surface area contributed by atoms with Crippen molar-refractivity contribution in [3.05, 3.63) is 41.8 Å². The van der Waals surface area contributed by atoms with Crippen molar-refractivity contribution in [1.29, 1.82) is 0 Å². The van der Waals surface area contributed by atoms with Crippen LogP contribution in [0.5, 0.6) is 0 Å². The van der Waals surface area contributed by atoms with E-state index in [-0.39, 0.29) is 5.91 Å². The summed E-state index contributed by atoms with van der Waals surface area (Å²) in [6.45, 7) is 0.777. The van der Waals surface area contributed by atoms with E-state index in [1.54, 1.807) is 11.1 Å². The van der Waals surface area contributed by atoms with E-state index in [0.717, 1.165) is 24.3 Å². The summed E-state index contributed by atoms with van der Waals surface area (Å²) in [6, 6.07) is 7.66. The van der Waals surface area contributed by atoms with Gasteiger partial charge < -0.3 is 10.2 Å². The van der Waals surface area contributed by atoms with Crippen molar-refractivity contribution in [3.8, 4) is 0 Å². The number of hydrogen-bond donors (Lipinski definition) is 1. The van der Waals surface area contributed by atoms with Crippen molar-refractivity contribution in [2.45, 2.75) is 12.8 Å². The summed E-state index contributed by atoms with van der Waals surface area (Å²) in [6.07, 6.45) is 4.61. The Kier molecular flexibility index (Phi) is 3.52. The van der Waals surface area contributed by atoms with E-state index in [0.29, 0.717) is 17.4 Å². The highest BCUT2D eigenvalue weighted by atomic mass is 35.5. The molecular weight excluding hydrogens is 276 g/mol. The van der Waals surface area contributed by atoms with E-state index in [1.807, 2.05) is 24.3 Å². The molecular formula is C14H13ClN4O. The van der Waals surface area contributed by atoms with Gasteiger partial charge in [0, 0.05) is 24.3 Å². The lowest BCUT2D eigenvalue weighted by Crippen LogP contribution is -2.23. The minimum atomic E-state index is 0.171. The van der Waals surface area contributed by atoms with Gasteiger partial charge in [-0.2, -0.15) is 0 Å². The molecule has 2 heterocycles. The molecule has 0 aliphatic carbocycles. The first-order chi connectivity index (χ1) is 9.72. The molecule has 0 unspecified atom stereocenters. The SMILES string of the molecule is O=C1CCCN1c1cccc(Nc2cncc(Cl)n2)c1. The van der Waals surface area contributed by atoms with Crippen molar-refractivity contribution in [3.63, 3.8) is 0 Å². The number of nitrogens with zero attached hydrogens (tertiary/aromatic N) is 3. The molecule has 0 saturated carbocycles. The third-order valence-corrected chi connectivity index (χ3v) is 3.29. The number of nitrogens with one attached hydrogen (secondary N) is 1. The van der Waals surface area contributed by atoms with Crippen LogP contribution in [-0.4, -0.2) is 22.4 Å². The first-order valence-corrected chi connectivity index (χ1v) is 6.75. The molecule has 0 radical (unpaired) electrons. The molecule has 0 bridgehead atoms. The minimum Gasteiger partial charge on any atom is -0.339 e. The van der Waals surface area contributed by atoms with Gasteiger partial charge in [-0.15, -0.1) is 0 Å². The lowest BCUT2D eigenvalue weighted by Gasteiger charge is -2.16. The number of amides is 1. The number of halogens is 1. The average Bonchev–Trinajstić information content (AvgIpc) is 2.85. The van der Waals surface area contributed by atoms with E-state index in [4.69, 9.17) is 11.6 Å². The topological polar surface area (TPSA) is 58.1 Å². The average molecular weight is 289 g/mol. The standard InChI is InChI=1S/C14H13ClN4O/c15-12-8-16-9-13(18-12)17-10-3-1-4-11(7-10)19-6-2-5-14(19)20/h1,3-4,7-9H,2,5-6H2,(H,17,18). The minimum absolute atomic E-state index is 0.171. The van der Waals surface area contributed by atoms with Crippen molar-refractivity contribution in [2.24, 2.45) is 0 Å². The van der Waals surface area contributed by atoms with Crippen LogP contribution in [0.4, 0.5) is 17.2 Å². The highest BCUT2D eigenvalue weighted by Gasteiger charge is 2.21. The van der Waals surface area contributed by atoms with Crippen molar-refractivity contribution in [2.75, 3.05) is 16.8 Å². The number of carbonyl (C=O) groups excluding carboxylic acids is 1. The predicted molar refractivity (Wildman–Crippen MR) is 78.4 cm³/mol. The molecule has 3 rings (SSSR count). The van der Waals surface area contributed by atoms with Crippen molar-refractivity contribution >= 4 is 34.7 Å². The summed E-state index contributed by atoms with van der Waals surface area (Å²) in [5.74, 6) is 0.743. The molecule has 102 valence electrons. The first-order valence-electron chi connectivity index (χ1n) is 6.37. The van der Waals surface area contributed by atoms with Gasteiger partial charge in [0.2, 0.25) is 5.91 Å². The van der Waals surface area contributed by atoms with Crippen molar-refractivity contribution in [1.82, 2.24) is 9.97 Å². The quantitative estimate of drug-likeness (QED) is 0.943. The van der Waals surface area contributed by atoms with Crippen LogP contribution in [0.2, 0.25) is 5.15 Å². The summed E-state index contributed by atoms with van der Waals surface area (Å²) in [4.78, 5) is 21.6. The Morgan fingerprint density at radius 2 is 2.20 bits per heavy atom. The molecule has 1 amide bonds. The molecule has 1 aliphatic rings. The summed E-state index contributed by atoms with van der Waals surface area (Å²) in [7, 11) is 0. The normalized spacial score (nSPS) is 14.7. The van der Waals surface area contributed by atoms with Gasteiger partial charge in [-0.3, -0.25) is 9.78 Å². The third-order valence-electron chi connectivity index (χ3n) is 3.11. The van der Waals surface area contributed by atoms with Gasteiger partial charge in [0.15, 0.2) is 5.82 Å². The second-order valence-electron chi connectivity index (χ2n) is 4.55. The van der Waals surface area contributed by atoms with E-state index in [9.17, 15) is 4.79 Å². The number of carbonyl (C=O) groups is 1. The second-order valence-corrected chi connectivity index (χ2v) is 4.94. The third kappa shape index (κ3) is 2.72. The molecule has 6 heteroatoms. The lowest BCUT2D eigenvalue weighted by atomic mass is 10.2. The van der Waals surface area contributed by atoms with Gasteiger partial charge in [0.1, 0.15) is 5.15 Å². The van der Waals surface area contributed by atoms with E-state index in [2.05, 4.69) is 15.3 Å². The fourth-order valence-corrected chi connectivity index (χ4v) is 2.37. The number of rotatable bonds is 3. The van der Waals surface area contributed by atoms with Crippen LogP contribution < -0.4 is 10.2 Å². The zero-order valence-electron chi connectivity index (χ0n) is 10.7. The van der Waals surface area contributed by atoms with Gasteiger partial charge in [-0.05, 0) is 24.6 Å². The fourth-order valence-electron chi connectivity index (χ4n) is 2.22. The number of hydrogen-bond acceptors (Lipinski definition) is 4. The molecule has 0 spiro atoms. The Labute approximate surface area is 121 Å². The van der Waals surface area contributed by atoms with Crippen LogP contribution >= 0.6 is 11.6 Å². The highest BCUT2D eigenvalue weighted by Crippen LogP contribution is 2.25. The predicted octanol–water partition coefficient (Wildman–Crippen LogP) is 3.00. The van der Waals surface area contributed by atoms with Gasteiger partial charge in [0.05, 0.1) is 12.4 Å². The van der Waals surface area contributed by atoms with Crippen LogP contribution in [0.1, 0.15) is 12.8 Å². The number of benzene rings is 1. The molecule has 1 fully saturated rings. The van der Waals surface area contributed by atoms with E-state index >= 15 is 0 Å². The molecule has 5 nitrogen and oxygen atoms in total. The Morgan fingerprint density at radius 1 is 1.30 bits per heavy atom. The number of aromatic nitrogens is 2. The molecule has 1 aromatic heterocycles. The first kappa shape index (κ1) is 12.9. The van der Waals surface area contributed by atoms with E-state index < -0.39 is 0 Å². The Hall–Kier alpha value is -2.14. The maximum atomic E-state index is 11.8. The van der Waals surface area contributed by atoms with Gasteiger partial charge in [0.25, 0.3) is 0 Å². The largest absolute Gasteiger partial charge is 0.339 e. The highest BCUT2D eigenvalue weighted by molar-refractivity contribution is 6.29. The molecule has 0 atom stereocenters. The van der Waals surface area contributed by atoms with Crippen LogP contribution in [-0.2, 0) is 4.79 Å². The van der Waals surface area contributed by atoms with E-state index in [1.165, 1.54) is 6.20 Å². The Balaban J connectivity index is 1.82. The van der Waals surface area contributed by atoms with Crippen molar-refractivity contribution < 1.29 is 4.79 Å². The number of anilines is 3. The summed E-state index contributed by atoms with van der Waals surface area (Å²) in [5.41, 5.74) is 1.74. The Bertz CT molecular complexity index is 647. The van der Waals surface area contributed by atoms with Crippen LogP contribution in [0.15, 0.2) is 36.7 Å². The molecule has 1 N–H and O–H groups in total. The van der Waals surface area contributed by atoms with Gasteiger partial charge >= 0.3 is 0 Å². The maximum absolute atomic E-state index is 11.8. The van der Waals surface area contributed by atoms with Gasteiger partial charge in [-0.25, -0.2) is 4.98 Å². The monoisotopic (exact) mass is 288 g/mol. The molecule has 2 aromatic rings. The molecule has 20 heavy (non-hydrogen) atoms. The lowest BCUT2D eigenvalue weighted by molar-refractivity contribution is -0.117. The maximum Gasteiger partial charge on any atom is 0.227 e. The second kappa shape index (κ2) is 5.46. The molecule has 1 saturated heterocycles. The molecule has 1 aliphatic heterocycles. The zero-order valence-corrected chi connectivity index (χ0v) is 11.5. The Morgan fingerprint density at radius 3 is 2.95 bits per heavy atom. The van der Waals surface area contributed by atoms with Crippen LogP contribution in [0.25, 0.3) is 0 Å². The summed E-state index contributed by atoms with van der Waals surface area (Å²) in [5, 5.41) is 3.46. The van der Waals surface area contributed by atoms with Crippen LogP contribution in [0.3, 0.4) is 0 Å². The smallest absolute Gasteiger partial charge is 0.227 e. The van der Waals surface area contributed by atoms with Gasteiger partial charge in [-0.1, -0.05) is 17.7 Å². The molecule has 1 aromatic carbocycles. The van der Waals surface area contributed by atoms with Crippen LogP contribution in [0, 0.1) is 0 Å². The fraction of sp³-hybridized carbons (Fsp3) is 0.214. The summed E-state index contributed by atoms with van der Waals surface area (Å²) >= 11 is 5.80. The summed E-state index contributed by atoms with van der Waals surface area (Å²) < 4.78 is 0.